The van der Waals surface area contributed by atoms with Gasteiger partial charge in [0.2, 0.25) is 0 Å². The summed E-state index contributed by atoms with van der Waals surface area (Å²) in [5.74, 6) is 1.26. The monoisotopic (exact) mass is 399 g/mol. The molecular formula is C22H26ClN3O2. The van der Waals surface area contributed by atoms with E-state index in [0.717, 1.165) is 32.5 Å². The van der Waals surface area contributed by atoms with Gasteiger partial charge in [0, 0.05) is 31.7 Å². The number of methoxy groups -OCH3 is 1. The van der Waals surface area contributed by atoms with Crippen LogP contribution < -0.4 is 15.8 Å². The highest BCUT2D eigenvalue weighted by Gasteiger charge is 2.42. The van der Waals surface area contributed by atoms with Gasteiger partial charge in [-0.1, -0.05) is 41.9 Å². The molecule has 1 heterocycles. The number of benzene rings is 2. The number of amides is 1. The Balaban J connectivity index is 1.44. The SMILES string of the molecule is COc1cc(N)c(Cl)cc1C(=O)NC1C2CCC1CN(Cc1ccccc1)C2. The highest BCUT2D eigenvalue weighted by Crippen LogP contribution is 2.38. The number of piperidine rings is 1. The Labute approximate surface area is 170 Å². The zero-order chi connectivity index (χ0) is 19.7. The summed E-state index contributed by atoms with van der Waals surface area (Å²) in [5, 5.41) is 3.63. The summed E-state index contributed by atoms with van der Waals surface area (Å²) in [6.45, 7) is 2.99. The van der Waals surface area contributed by atoms with E-state index in [1.54, 1.807) is 12.1 Å². The number of likely N-dealkylation sites (tertiary alicyclic amines) is 1. The number of hydrogen-bond acceptors (Lipinski definition) is 4. The standard InChI is InChI=1S/C22H26ClN3O2/c1-28-20-10-19(24)18(23)9-17(20)22(27)25-21-15-7-8-16(21)13-26(12-15)11-14-5-3-2-4-6-14/h2-6,9-10,15-16,21H,7-8,11-13,24H2,1H3,(H,25,27). The zero-order valence-corrected chi connectivity index (χ0v) is 16.8. The van der Waals surface area contributed by atoms with E-state index in [9.17, 15) is 4.79 Å². The molecule has 2 aliphatic rings. The summed E-state index contributed by atoms with van der Waals surface area (Å²) in [7, 11) is 1.53. The number of halogens is 1. The van der Waals surface area contributed by atoms with Crippen LogP contribution in [0.4, 0.5) is 5.69 Å². The van der Waals surface area contributed by atoms with Crippen molar-refractivity contribution < 1.29 is 9.53 Å². The van der Waals surface area contributed by atoms with Gasteiger partial charge in [-0.25, -0.2) is 0 Å². The average Bonchev–Trinajstić information content (AvgIpc) is 2.92. The van der Waals surface area contributed by atoms with E-state index in [1.165, 1.54) is 12.7 Å². The minimum atomic E-state index is -0.142. The lowest BCUT2D eigenvalue weighted by atomic mass is 9.91. The van der Waals surface area contributed by atoms with E-state index in [-0.39, 0.29) is 11.9 Å². The van der Waals surface area contributed by atoms with Crippen LogP contribution >= 0.6 is 11.6 Å². The van der Waals surface area contributed by atoms with Crippen molar-refractivity contribution in [2.75, 3.05) is 25.9 Å². The van der Waals surface area contributed by atoms with Gasteiger partial charge in [-0.3, -0.25) is 9.69 Å². The first-order chi connectivity index (χ1) is 13.5. The number of nitrogen functional groups attached to an aromatic ring is 1. The Morgan fingerprint density at radius 2 is 1.89 bits per heavy atom. The quantitative estimate of drug-likeness (QED) is 0.754. The van der Waals surface area contributed by atoms with Crippen LogP contribution in [-0.4, -0.2) is 37.0 Å². The minimum absolute atomic E-state index is 0.142. The molecule has 2 atom stereocenters. The maximum absolute atomic E-state index is 12.9. The third-order valence-electron chi connectivity index (χ3n) is 6.02. The van der Waals surface area contributed by atoms with Gasteiger partial charge in [-0.2, -0.15) is 0 Å². The topological polar surface area (TPSA) is 67.6 Å². The summed E-state index contributed by atoms with van der Waals surface area (Å²) in [4.78, 5) is 15.5. The number of anilines is 1. The Morgan fingerprint density at radius 1 is 1.21 bits per heavy atom. The molecular weight excluding hydrogens is 374 g/mol. The third-order valence-corrected chi connectivity index (χ3v) is 6.35. The fourth-order valence-corrected chi connectivity index (χ4v) is 4.83. The molecule has 1 amide bonds. The summed E-state index contributed by atoms with van der Waals surface area (Å²) in [5.41, 5.74) is 8.02. The summed E-state index contributed by atoms with van der Waals surface area (Å²) in [6, 6.07) is 14.0. The van der Waals surface area contributed by atoms with Crippen LogP contribution in [0.5, 0.6) is 5.75 Å². The van der Waals surface area contributed by atoms with Crippen LogP contribution in [0.2, 0.25) is 5.02 Å². The minimum Gasteiger partial charge on any atom is -0.496 e. The van der Waals surface area contributed by atoms with Gasteiger partial charge in [-0.05, 0) is 36.3 Å². The molecule has 6 heteroatoms. The number of hydrogen-bond donors (Lipinski definition) is 2. The Morgan fingerprint density at radius 3 is 2.54 bits per heavy atom. The number of carbonyl (C=O) groups is 1. The molecule has 0 aromatic heterocycles. The fraction of sp³-hybridized carbons (Fsp3) is 0.409. The Kier molecular flexibility index (Phi) is 5.47. The molecule has 1 saturated heterocycles. The first kappa shape index (κ1) is 19.1. The largest absolute Gasteiger partial charge is 0.496 e. The summed E-state index contributed by atoms with van der Waals surface area (Å²) < 4.78 is 5.34. The molecule has 2 bridgehead atoms. The number of carbonyl (C=O) groups excluding carboxylic acids is 1. The number of ether oxygens (including phenoxy) is 1. The molecule has 2 unspecified atom stereocenters. The molecule has 3 N–H and O–H groups in total. The molecule has 2 aromatic rings. The third kappa shape index (κ3) is 3.82. The van der Waals surface area contributed by atoms with Crippen LogP contribution in [0.1, 0.15) is 28.8 Å². The highest BCUT2D eigenvalue weighted by molar-refractivity contribution is 6.33. The van der Waals surface area contributed by atoms with Crippen LogP contribution in [0, 0.1) is 11.8 Å². The van der Waals surface area contributed by atoms with Crippen molar-refractivity contribution in [1.29, 1.82) is 0 Å². The van der Waals surface area contributed by atoms with Crippen LogP contribution in [0.3, 0.4) is 0 Å². The first-order valence-electron chi connectivity index (χ1n) is 9.75. The van der Waals surface area contributed by atoms with Crippen molar-refractivity contribution >= 4 is 23.2 Å². The lowest BCUT2D eigenvalue weighted by Crippen LogP contribution is -2.52. The first-order valence-corrected chi connectivity index (χ1v) is 10.1. The van der Waals surface area contributed by atoms with Crippen molar-refractivity contribution in [3.8, 4) is 5.75 Å². The highest BCUT2D eigenvalue weighted by atomic mass is 35.5. The second-order valence-electron chi connectivity index (χ2n) is 7.85. The molecule has 1 saturated carbocycles. The zero-order valence-electron chi connectivity index (χ0n) is 16.0. The van der Waals surface area contributed by atoms with E-state index >= 15 is 0 Å². The van der Waals surface area contributed by atoms with Gasteiger partial charge in [0.1, 0.15) is 5.75 Å². The predicted molar refractivity (Wildman–Crippen MR) is 112 cm³/mol. The molecule has 2 aromatic carbocycles. The number of rotatable bonds is 5. The molecule has 5 nitrogen and oxygen atoms in total. The van der Waals surface area contributed by atoms with Gasteiger partial charge in [0.25, 0.3) is 5.91 Å². The second-order valence-corrected chi connectivity index (χ2v) is 8.26. The van der Waals surface area contributed by atoms with E-state index in [4.69, 9.17) is 22.1 Å². The summed E-state index contributed by atoms with van der Waals surface area (Å²) >= 11 is 6.13. The van der Waals surface area contributed by atoms with Gasteiger partial charge in [-0.15, -0.1) is 0 Å². The second kappa shape index (κ2) is 8.02. The predicted octanol–water partition coefficient (Wildman–Crippen LogP) is 3.57. The Bertz CT molecular complexity index is 844. The van der Waals surface area contributed by atoms with Gasteiger partial charge < -0.3 is 15.8 Å². The molecule has 2 fully saturated rings. The van der Waals surface area contributed by atoms with Crippen molar-refractivity contribution in [2.24, 2.45) is 11.8 Å². The fourth-order valence-electron chi connectivity index (χ4n) is 4.67. The number of nitrogens with one attached hydrogen (secondary N) is 1. The number of nitrogens with two attached hydrogens (primary N) is 1. The maximum Gasteiger partial charge on any atom is 0.255 e. The Hall–Kier alpha value is -2.24. The maximum atomic E-state index is 12.9. The van der Waals surface area contributed by atoms with E-state index in [0.29, 0.717) is 33.9 Å². The number of nitrogens with zero attached hydrogens (tertiary/aromatic N) is 1. The van der Waals surface area contributed by atoms with E-state index in [1.807, 2.05) is 6.07 Å². The van der Waals surface area contributed by atoms with E-state index < -0.39 is 0 Å². The molecule has 28 heavy (non-hydrogen) atoms. The molecule has 0 spiro atoms. The van der Waals surface area contributed by atoms with Crippen LogP contribution in [0.25, 0.3) is 0 Å². The van der Waals surface area contributed by atoms with Crippen molar-refractivity contribution in [1.82, 2.24) is 10.2 Å². The van der Waals surface area contributed by atoms with Crippen LogP contribution in [-0.2, 0) is 6.54 Å². The van der Waals surface area contributed by atoms with Gasteiger partial charge in [0.15, 0.2) is 0 Å². The van der Waals surface area contributed by atoms with Crippen molar-refractivity contribution in [2.45, 2.75) is 25.4 Å². The van der Waals surface area contributed by atoms with Crippen molar-refractivity contribution in [3.63, 3.8) is 0 Å². The average molecular weight is 400 g/mol. The molecule has 1 aliphatic heterocycles. The smallest absolute Gasteiger partial charge is 0.255 e. The lowest BCUT2D eigenvalue weighted by Gasteiger charge is -2.38. The molecule has 4 rings (SSSR count). The van der Waals surface area contributed by atoms with Gasteiger partial charge in [0.05, 0.1) is 23.4 Å². The van der Waals surface area contributed by atoms with Gasteiger partial charge >= 0.3 is 0 Å². The van der Waals surface area contributed by atoms with Crippen LogP contribution in [0.15, 0.2) is 42.5 Å². The molecule has 0 radical (unpaired) electrons. The molecule has 1 aliphatic carbocycles. The number of fused-ring (bicyclic) bond motifs is 2. The molecule has 148 valence electrons. The van der Waals surface area contributed by atoms with Crippen molar-refractivity contribution in [3.05, 3.63) is 58.6 Å². The normalized spacial score (nSPS) is 24.1. The summed E-state index contributed by atoms with van der Waals surface area (Å²) in [6.07, 6.45) is 2.31. The van der Waals surface area contributed by atoms with E-state index in [2.05, 4.69) is 34.5 Å². The lowest BCUT2D eigenvalue weighted by molar-refractivity contribution is 0.0822.